The lowest BCUT2D eigenvalue weighted by Gasteiger charge is -2.04. The van der Waals surface area contributed by atoms with Crippen LogP contribution in [0.1, 0.15) is 21.5 Å². The van der Waals surface area contributed by atoms with Crippen LogP contribution in [0.3, 0.4) is 0 Å². The lowest BCUT2D eigenvalue weighted by Crippen LogP contribution is -2.03. The number of nitrogen functional groups attached to an aromatic ring is 1. The van der Waals surface area contributed by atoms with Gasteiger partial charge in [0.05, 0.1) is 0 Å². The van der Waals surface area contributed by atoms with Crippen molar-refractivity contribution in [1.29, 1.82) is 0 Å². The molecule has 0 unspecified atom stereocenters. The summed E-state index contributed by atoms with van der Waals surface area (Å²) in [6, 6.07) is 14.6. The van der Waals surface area contributed by atoms with E-state index in [4.69, 9.17) is 5.73 Å². The summed E-state index contributed by atoms with van der Waals surface area (Å²) in [5.74, 6) is 0.0399. The molecule has 0 amide bonds. The second kappa shape index (κ2) is 4.19. The Morgan fingerprint density at radius 2 is 1.62 bits per heavy atom. The summed E-state index contributed by atoms with van der Waals surface area (Å²) in [4.78, 5) is 12.1. The minimum Gasteiger partial charge on any atom is -0.399 e. The van der Waals surface area contributed by atoms with Crippen LogP contribution in [0.4, 0.5) is 5.69 Å². The Morgan fingerprint density at radius 1 is 1.00 bits per heavy atom. The Balaban J connectivity index is 2.40. The van der Waals surface area contributed by atoms with E-state index < -0.39 is 0 Å². The van der Waals surface area contributed by atoms with Crippen LogP contribution >= 0.6 is 0 Å². The lowest BCUT2D eigenvalue weighted by molar-refractivity contribution is 0.103. The molecular formula is C14H13NO. The number of ketones is 1. The maximum absolute atomic E-state index is 12.1. The summed E-state index contributed by atoms with van der Waals surface area (Å²) in [6.45, 7) is 1.94. The Bertz CT molecular complexity index is 515. The third kappa shape index (κ3) is 1.96. The molecule has 2 aromatic carbocycles. The number of aryl methyl sites for hydroxylation is 1. The largest absolute Gasteiger partial charge is 0.399 e. The fraction of sp³-hybridized carbons (Fsp3) is 0.0714. The van der Waals surface area contributed by atoms with Crippen LogP contribution in [0.15, 0.2) is 48.5 Å². The topological polar surface area (TPSA) is 43.1 Å². The first-order valence-corrected chi connectivity index (χ1v) is 5.14. The van der Waals surface area contributed by atoms with Gasteiger partial charge in [-0.25, -0.2) is 0 Å². The average molecular weight is 211 g/mol. The molecule has 0 saturated heterocycles. The molecule has 0 aromatic heterocycles. The summed E-state index contributed by atoms with van der Waals surface area (Å²) in [5.41, 5.74) is 8.65. The predicted octanol–water partition coefficient (Wildman–Crippen LogP) is 2.81. The number of nitrogens with two attached hydrogens (primary N) is 1. The van der Waals surface area contributed by atoms with Gasteiger partial charge < -0.3 is 5.73 Å². The quantitative estimate of drug-likeness (QED) is 0.613. The van der Waals surface area contributed by atoms with Crippen molar-refractivity contribution in [3.8, 4) is 0 Å². The van der Waals surface area contributed by atoms with E-state index in [1.165, 1.54) is 0 Å². The number of rotatable bonds is 2. The average Bonchev–Trinajstić information content (AvgIpc) is 2.30. The van der Waals surface area contributed by atoms with E-state index in [0.717, 1.165) is 11.1 Å². The first kappa shape index (κ1) is 10.4. The van der Waals surface area contributed by atoms with Crippen LogP contribution in [-0.4, -0.2) is 5.78 Å². The number of benzene rings is 2. The van der Waals surface area contributed by atoms with E-state index in [9.17, 15) is 4.79 Å². The molecule has 0 saturated carbocycles. The molecule has 80 valence electrons. The van der Waals surface area contributed by atoms with Gasteiger partial charge in [-0.2, -0.15) is 0 Å². The van der Waals surface area contributed by atoms with Crippen LogP contribution in [0.5, 0.6) is 0 Å². The van der Waals surface area contributed by atoms with E-state index in [1.807, 2.05) is 31.2 Å². The van der Waals surface area contributed by atoms with Crippen molar-refractivity contribution in [2.45, 2.75) is 6.92 Å². The van der Waals surface area contributed by atoms with Crippen molar-refractivity contribution in [3.05, 3.63) is 65.2 Å². The third-order valence-corrected chi connectivity index (χ3v) is 2.56. The van der Waals surface area contributed by atoms with Crippen LogP contribution in [0.25, 0.3) is 0 Å². The summed E-state index contributed by atoms with van der Waals surface area (Å²) in [5, 5.41) is 0. The van der Waals surface area contributed by atoms with E-state index in [0.29, 0.717) is 11.3 Å². The van der Waals surface area contributed by atoms with Gasteiger partial charge in [-0.3, -0.25) is 4.79 Å². The molecule has 0 bridgehead atoms. The van der Waals surface area contributed by atoms with Crippen molar-refractivity contribution in [1.82, 2.24) is 0 Å². The molecule has 2 heteroatoms. The molecule has 16 heavy (non-hydrogen) atoms. The Labute approximate surface area is 94.7 Å². The maximum atomic E-state index is 12.1. The van der Waals surface area contributed by atoms with Crippen LogP contribution < -0.4 is 5.73 Å². The Hall–Kier alpha value is -2.09. The van der Waals surface area contributed by atoms with Gasteiger partial charge in [0.1, 0.15) is 0 Å². The fourth-order valence-corrected chi connectivity index (χ4v) is 1.62. The Morgan fingerprint density at radius 3 is 2.25 bits per heavy atom. The minimum absolute atomic E-state index is 0.0399. The number of carbonyl (C=O) groups excluding carboxylic acids is 1. The number of carbonyl (C=O) groups is 1. The molecule has 2 N–H and O–H groups in total. The summed E-state index contributed by atoms with van der Waals surface area (Å²) < 4.78 is 0. The first-order valence-electron chi connectivity index (χ1n) is 5.14. The van der Waals surface area contributed by atoms with Gasteiger partial charge in [-0.15, -0.1) is 0 Å². The maximum Gasteiger partial charge on any atom is 0.193 e. The van der Waals surface area contributed by atoms with E-state index in [1.54, 1.807) is 24.3 Å². The molecule has 0 aliphatic rings. The monoisotopic (exact) mass is 211 g/mol. The highest BCUT2D eigenvalue weighted by molar-refractivity contribution is 6.09. The summed E-state index contributed by atoms with van der Waals surface area (Å²) in [7, 11) is 0. The van der Waals surface area contributed by atoms with Crippen molar-refractivity contribution < 1.29 is 4.79 Å². The SMILES string of the molecule is Cc1ccccc1C(=O)c1ccc(N)cc1. The normalized spacial score (nSPS) is 10.1. The molecule has 0 heterocycles. The van der Waals surface area contributed by atoms with E-state index in [2.05, 4.69) is 0 Å². The molecule has 2 rings (SSSR count). The standard InChI is InChI=1S/C14H13NO/c1-10-4-2-3-5-13(10)14(16)11-6-8-12(15)9-7-11/h2-9H,15H2,1H3. The molecule has 0 fully saturated rings. The number of anilines is 1. The fourth-order valence-electron chi connectivity index (χ4n) is 1.62. The zero-order chi connectivity index (χ0) is 11.5. The highest BCUT2D eigenvalue weighted by Gasteiger charge is 2.10. The smallest absolute Gasteiger partial charge is 0.193 e. The molecule has 2 nitrogen and oxygen atoms in total. The van der Waals surface area contributed by atoms with Crippen molar-refractivity contribution in [2.24, 2.45) is 0 Å². The summed E-state index contributed by atoms with van der Waals surface area (Å²) >= 11 is 0. The Kier molecular flexibility index (Phi) is 2.73. The molecule has 0 aliphatic heterocycles. The van der Waals surface area contributed by atoms with E-state index >= 15 is 0 Å². The van der Waals surface area contributed by atoms with Crippen molar-refractivity contribution in [2.75, 3.05) is 5.73 Å². The second-order valence-electron chi connectivity index (χ2n) is 3.77. The van der Waals surface area contributed by atoms with E-state index in [-0.39, 0.29) is 5.78 Å². The third-order valence-electron chi connectivity index (χ3n) is 2.56. The van der Waals surface area contributed by atoms with Gasteiger partial charge in [0, 0.05) is 16.8 Å². The number of hydrogen-bond donors (Lipinski definition) is 1. The molecule has 2 aromatic rings. The molecule has 0 atom stereocenters. The highest BCUT2D eigenvalue weighted by atomic mass is 16.1. The van der Waals surface area contributed by atoms with Crippen LogP contribution in [-0.2, 0) is 0 Å². The second-order valence-corrected chi connectivity index (χ2v) is 3.77. The molecule has 0 spiro atoms. The van der Waals surface area contributed by atoms with Gasteiger partial charge in [0.25, 0.3) is 0 Å². The molecule has 0 radical (unpaired) electrons. The van der Waals surface area contributed by atoms with Gasteiger partial charge >= 0.3 is 0 Å². The van der Waals surface area contributed by atoms with Gasteiger partial charge in [0.2, 0.25) is 0 Å². The lowest BCUT2D eigenvalue weighted by atomic mass is 9.99. The molecular weight excluding hydrogens is 198 g/mol. The highest BCUT2D eigenvalue weighted by Crippen LogP contribution is 2.14. The summed E-state index contributed by atoms with van der Waals surface area (Å²) in [6.07, 6.45) is 0. The number of hydrogen-bond acceptors (Lipinski definition) is 2. The van der Waals surface area contributed by atoms with Crippen molar-refractivity contribution >= 4 is 11.5 Å². The predicted molar refractivity (Wildman–Crippen MR) is 65.5 cm³/mol. The zero-order valence-corrected chi connectivity index (χ0v) is 9.10. The van der Waals surface area contributed by atoms with Crippen LogP contribution in [0.2, 0.25) is 0 Å². The van der Waals surface area contributed by atoms with Crippen molar-refractivity contribution in [3.63, 3.8) is 0 Å². The van der Waals surface area contributed by atoms with Crippen LogP contribution in [0, 0.1) is 6.92 Å². The minimum atomic E-state index is 0.0399. The first-order chi connectivity index (χ1) is 7.68. The van der Waals surface area contributed by atoms with Gasteiger partial charge in [0.15, 0.2) is 5.78 Å². The van der Waals surface area contributed by atoms with Gasteiger partial charge in [-0.1, -0.05) is 24.3 Å². The molecule has 0 aliphatic carbocycles. The van der Waals surface area contributed by atoms with Gasteiger partial charge in [-0.05, 0) is 36.8 Å². The zero-order valence-electron chi connectivity index (χ0n) is 9.10.